The number of sulfone groups is 2. The number of fused-ring (bicyclic) bond motifs is 9. The summed E-state index contributed by atoms with van der Waals surface area (Å²) in [5, 5.41) is 16.5. The molecule has 20 nitrogen and oxygen atoms in total. The molecule has 3 N–H and O–H groups in total. The fourth-order valence-electron chi connectivity index (χ4n) is 14.4. The predicted octanol–water partition coefficient (Wildman–Crippen LogP) is 11.8. The molecule has 562 valence electrons. The molecule has 6 unspecified atom stereocenters. The fourth-order valence-corrected chi connectivity index (χ4v) is 17.0. The van der Waals surface area contributed by atoms with Crippen LogP contribution in [0.3, 0.4) is 0 Å². The number of nitrogens with zero attached hydrogens (tertiary/aromatic N) is 6. The number of hydrogen-bond donors (Lipinski definition) is 3. The monoisotopic (exact) mass is 1530 g/mol. The van der Waals surface area contributed by atoms with Crippen molar-refractivity contribution >= 4 is 95.7 Å². The van der Waals surface area contributed by atoms with E-state index in [1.165, 1.54) is 53.9 Å². The maximum absolute atomic E-state index is 13.7. The zero-order chi connectivity index (χ0) is 75.7. The molecule has 4 aromatic carbocycles. The molecule has 0 aliphatic carbocycles. The van der Waals surface area contributed by atoms with Crippen LogP contribution < -0.4 is 30.8 Å². The van der Waals surface area contributed by atoms with E-state index in [0.29, 0.717) is 63.4 Å². The van der Waals surface area contributed by atoms with Gasteiger partial charge in [-0.15, -0.1) is 0 Å². The number of morpholine rings is 3. The van der Waals surface area contributed by atoms with Crippen molar-refractivity contribution in [1.82, 2.24) is 15.0 Å². The van der Waals surface area contributed by atoms with Gasteiger partial charge in [0.25, 0.3) is 23.7 Å². The van der Waals surface area contributed by atoms with Gasteiger partial charge in [0, 0.05) is 133 Å². The summed E-state index contributed by atoms with van der Waals surface area (Å²) in [6.07, 6.45) is 8.95. The number of ether oxygens (including phenoxy) is 3. The Labute approximate surface area is 621 Å². The van der Waals surface area contributed by atoms with Gasteiger partial charge in [-0.05, 0) is 173 Å². The van der Waals surface area contributed by atoms with Crippen molar-refractivity contribution < 1.29 is 72.6 Å². The summed E-state index contributed by atoms with van der Waals surface area (Å²) in [7, 11) is -6.72. The number of hydrogen-bond acceptors (Lipinski definition) is 18. The molecule has 7 aliphatic heterocycles. The second kappa shape index (κ2) is 31.9. The summed E-state index contributed by atoms with van der Waals surface area (Å²) in [4.78, 5) is 44.3. The number of halogens is 6. The van der Waals surface area contributed by atoms with Gasteiger partial charge in [-0.1, -0.05) is 53.0 Å². The van der Waals surface area contributed by atoms with Crippen molar-refractivity contribution in [2.75, 3.05) is 115 Å². The van der Waals surface area contributed by atoms with Crippen molar-refractivity contribution in [3.8, 4) is 11.1 Å². The molecule has 29 heteroatoms. The Bertz CT molecular complexity index is 4580. The summed E-state index contributed by atoms with van der Waals surface area (Å²) in [5.41, 5.74) is 10.4. The lowest BCUT2D eigenvalue weighted by Crippen LogP contribution is -2.54. The van der Waals surface area contributed by atoms with E-state index >= 15 is 0 Å². The first kappa shape index (κ1) is 78.8. The van der Waals surface area contributed by atoms with Crippen LogP contribution in [0.2, 0.25) is 10.0 Å². The summed E-state index contributed by atoms with van der Waals surface area (Å²) < 4.78 is 131. The number of amides is 2. The van der Waals surface area contributed by atoms with E-state index in [1.807, 2.05) is 90.1 Å². The number of benzene rings is 4. The Hall–Kier alpha value is -7.31. The van der Waals surface area contributed by atoms with Crippen molar-refractivity contribution in [1.29, 1.82) is 0 Å². The van der Waals surface area contributed by atoms with Crippen LogP contribution in [-0.4, -0.2) is 175 Å². The standard InChI is InChI=1S/C28H30F2N4O4S.C21H25BF2N2O3.C14H18ClNO3S.C13H16ClNO2/c1-17-4-5-21(33-27(35)18-6-7-31-26(12-18)28(2,29)30)13-22(17)19-11-24-23(32-14-19)10-20(16-39(3,36)37)25-15-38-9-8-34(24)25;1-13-7-8-15(12-16(13)22-28-19(2,3)20(4,5)29-22)26-18(27)14-9-10-25-17(11-14)21(6,23)24;1-20(17,18)9-11-6-10-2-3-12(15)7-13(10)16-4-5-19-8-14(11)16;14-11-2-1-9-5-10(7-16)13-8-17-4-3-15(13)12(9)6-11/h4-7,11-14,20,25H,8-10,15-16H2,1-3H3,(H,33,35);7-12H,1-6H3,(H,26,27);2-3,7,11,14H,4-6,8-9H2,1H3;1-2,6,10,13,16H,3-5,7-8H2. The fraction of sp³-hybridized carbons (Fsp3) is 0.461. The van der Waals surface area contributed by atoms with Gasteiger partial charge in [0.15, 0.2) is 0 Å². The first-order chi connectivity index (χ1) is 49.4. The van der Waals surface area contributed by atoms with Crippen LogP contribution in [0, 0.1) is 31.6 Å². The Morgan fingerprint density at radius 1 is 0.581 bits per heavy atom. The van der Waals surface area contributed by atoms with Crippen molar-refractivity contribution in [3.05, 3.63) is 182 Å². The van der Waals surface area contributed by atoms with Crippen LogP contribution in [0.1, 0.15) is 102 Å². The molecular formula is C76H89BCl2F4N8O12S2. The topological polar surface area (TPSA) is 241 Å². The molecule has 105 heavy (non-hydrogen) atoms. The van der Waals surface area contributed by atoms with E-state index in [9.17, 15) is 49.1 Å². The Kier molecular flexibility index (Phi) is 23.9. The van der Waals surface area contributed by atoms with Gasteiger partial charge >= 0.3 is 7.12 Å². The highest BCUT2D eigenvalue weighted by Gasteiger charge is 2.52. The smallest absolute Gasteiger partial charge is 0.399 e. The number of nitrogens with one attached hydrogen (secondary N) is 2. The predicted molar refractivity (Wildman–Crippen MR) is 402 cm³/mol. The van der Waals surface area contributed by atoms with Crippen molar-refractivity contribution in [2.45, 2.75) is 116 Å². The van der Waals surface area contributed by atoms with E-state index < -0.39 is 73.0 Å². The minimum Gasteiger partial charge on any atom is -0.399 e. The number of rotatable bonds is 13. The van der Waals surface area contributed by atoms with E-state index in [2.05, 4.69) is 47.4 Å². The number of carbonyl (C=O) groups excluding carboxylic acids is 2. The highest BCUT2D eigenvalue weighted by Crippen LogP contribution is 2.42. The van der Waals surface area contributed by atoms with Crippen LogP contribution in [0.5, 0.6) is 0 Å². The third kappa shape index (κ3) is 19.0. The summed E-state index contributed by atoms with van der Waals surface area (Å²) in [6.45, 7) is 19.5. The first-order valence-corrected chi connectivity index (χ1v) is 39.7. The molecule has 3 aromatic heterocycles. The number of aliphatic hydroxyl groups is 1. The highest BCUT2D eigenvalue weighted by molar-refractivity contribution is 7.90. The number of anilines is 5. The molecule has 0 bridgehead atoms. The molecule has 2 amide bonds. The van der Waals surface area contributed by atoms with Gasteiger partial charge in [-0.3, -0.25) is 24.5 Å². The summed E-state index contributed by atoms with van der Waals surface area (Å²) in [5.74, 6) is -6.76. The molecular weight excluding hydrogens is 1440 g/mol. The number of alkyl halides is 4. The average Bonchev–Trinajstić information content (AvgIpc) is 1.47. The van der Waals surface area contributed by atoms with Crippen LogP contribution in [0.15, 0.2) is 122 Å². The molecule has 0 radical (unpaired) electrons. The van der Waals surface area contributed by atoms with Gasteiger partial charge in [0.05, 0.1) is 91.9 Å². The van der Waals surface area contributed by atoms with Crippen molar-refractivity contribution in [2.24, 2.45) is 17.8 Å². The zero-order valence-corrected chi connectivity index (χ0v) is 63.5. The summed E-state index contributed by atoms with van der Waals surface area (Å²) in [6, 6.07) is 30.2. The zero-order valence-electron chi connectivity index (χ0n) is 60.4. The molecule has 4 fully saturated rings. The average molecular weight is 1530 g/mol. The summed E-state index contributed by atoms with van der Waals surface area (Å²) >= 11 is 12.2. The molecule has 6 atom stereocenters. The maximum Gasteiger partial charge on any atom is 0.495 e. The molecule has 0 spiro atoms. The first-order valence-electron chi connectivity index (χ1n) is 34.9. The van der Waals surface area contributed by atoms with Gasteiger partial charge < -0.3 is 54.0 Å². The number of pyridine rings is 3. The maximum atomic E-state index is 13.7. The Balaban J connectivity index is 0.000000147. The molecule has 0 saturated carbocycles. The second-order valence-corrected chi connectivity index (χ2v) is 34.5. The van der Waals surface area contributed by atoms with E-state index in [4.69, 9.17) is 51.7 Å². The quantitative estimate of drug-likeness (QED) is 0.0718. The number of carbonyl (C=O) groups is 2. The lowest BCUT2D eigenvalue weighted by atomic mass is 9.76. The number of aromatic nitrogens is 3. The van der Waals surface area contributed by atoms with Gasteiger partial charge in [0.2, 0.25) is 0 Å². The Morgan fingerprint density at radius 2 is 1.02 bits per heavy atom. The van der Waals surface area contributed by atoms with Crippen LogP contribution in [0.25, 0.3) is 11.1 Å². The molecule has 4 saturated heterocycles. The molecule has 10 heterocycles. The normalized spacial score (nSPS) is 21.5. The lowest BCUT2D eigenvalue weighted by molar-refractivity contribution is 0.00578. The van der Waals surface area contributed by atoms with Crippen LogP contribution in [0.4, 0.5) is 46.0 Å². The number of aliphatic hydroxyl groups excluding tert-OH is 1. The second-order valence-electron chi connectivity index (χ2n) is 29.2. The molecule has 7 aromatic rings. The van der Waals surface area contributed by atoms with Crippen molar-refractivity contribution in [3.63, 3.8) is 0 Å². The number of aryl methyl sites for hydroxylation is 2. The van der Waals surface area contributed by atoms with E-state index in [-0.39, 0.29) is 59.1 Å². The van der Waals surface area contributed by atoms with Crippen LogP contribution in [-0.2, 0) is 74.3 Å². The third-order valence-corrected chi connectivity index (χ3v) is 23.1. The largest absolute Gasteiger partial charge is 0.495 e. The van der Waals surface area contributed by atoms with Gasteiger partial charge in [-0.2, -0.15) is 17.6 Å². The van der Waals surface area contributed by atoms with Gasteiger partial charge in [-0.25, -0.2) is 16.8 Å². The van der Waals surface area contributed by atoms with E-state index in [0.717, 1.165) is 113 Å². The highest BCUT2D eigenvalue weighted by atomic mass is 35.5. The van der Waals surface area contributed by atoms with Crippen LogP contribution >= 0.6 is 23.2 Å². The van der Waals surface area contributed by atoms with Gasteiger partial charge in [0.1, 0.15) is 31.1 Å². The minimum absolute atomic E-state index is 0.0505. The molecule has 14 rings (SSSR count). The molecule has 7 aliphatic rings. The Morgan fingerprint density at radius 3 is 1.49 bits per heavy atom. The third-order valence-electron chi connectivity index (χ3n) is 20.6. The SMILES string of the molecule is CS(=O)(=O)CC1Cc2ccc(Cl)cc2N2CCOCC12.Cc1ccc(NC(=O)c2ccnc(C(C)(F)F)c2)cc1-c1cnc2c(c1)N1CCOCC1C(CS(C)(=O)=O)C2.Cc1ccc(NC(=O)c2ccnc(C(C)(F)F)c2)cc1B1OC(C)(C)C(C)(C)O1.OCC1Cc2ccc(Cl)cc2N2CCOCC12. The lowest BCUT2D eigenvalue weighted by Gasteiger charge is -2.46. The minimum atomic E-state index is -3.16. The van der Waals surface area contributed by atoms with E-state index in [1.54, 1.807) is 24.4 Å².